The highest BCUT2D eigenvalue weighted by Gasteiger charge is 2.10. The SMILES string of the molecule is CSCC(C)Cn1c(C(C)C)c[nH]c1=S. The number of aromatic amines is 1. The molecule has 0 radical (unpaired) electrons. The van der Waals surface area contributed by atoms with Crippen molar-refractivity contribution in [3.8, 4) is 0 Å². The summed E-state index contributed by atoms with van der Waals surface area (Å²) in [5.41, 5.74) is 1.31. The molecule has 1 N–H and O–H groups in total. The normalized spacial score (nSPS) is 13.4. The van der Waals surface area contributed by atoms with Gasteiger partial charge in [0.1, 0.15) is 0 Å². The fourth-order valence-corrected chi connectivity index (χ4v) is 2.64. The molecular formula is C11H20N2S2. The largest absolute Gasteiger partial charge is 0.337 e. The van der Waals surface area contributed by atoms with Gasteiger partial charge in [0.2, 0.25) is 0 Å². The summed E-state index contributed by atoms with van der Waals surface area (Å²) in [5.74, 6) is 2.38. The monoisotopic (exact) mass is 244 g/mol. The maximum absolute atomic E-state index is 5.30. The lowest BCUT2D eigenvalue weighted by molar-refractivity contribution is 0.505. The van der Waals surface area contributed by atoms with Crippen LogP contribution in [-0.4, -0.2) is 21.6 Å². The number of imidazole rings is 1. The molecule has 1 aromatic heterocycles. The number of thioether (sulfide) groups is 1. The molecule has 0 fully saturated rings. The summed E-state index contributed by atoms with van der Waals surface area (Å²) in [6, 6.07) is 0. The van der Waals surface area contributed by atoms with Gasteiger partial charge in [-0.05, 0) is 36.1 Å². The van der Waals surface area contributed by atoms with Gasteiger partial charge in [0.05, 0.1) is 0 Å². The van der Waals surface area contributed by atoms with Crippen LogP contribution < -0.4 is 0 Å². The molecule has 1 heterocycles. The molecule has 4 heteroatoms. The minimum Gasteiger partial charge on any atom is -0.337 e. The van der Waals surface area contributed by atoms with E-state index in [9.17, 15) is 0 Å². The van der Waals surface area contributed by atoms with Crippen LogP contribution in [-0.2, 0) is 6.54 Å². The lowest BCUT2D eigenvalue weighted by atomic mass is 10.1. The summed E-state index contributed by atoms with van der Waals surface area (Å²) in [6.07, 6.45) is 4.19. The number of nitrogens with zero attached hydrogens (tertiary/aromatic N) is 1. The summed E-state index contributed by atoms with van der Waals surface area (Å²) >= 11 is 7.19. The van der Waals surface area contributed by atoms with Gasteiger partial charge < -0.3 is 9.55 Å². The molecule has 1 atom stereocenters. The Morgan fingerprint density at radius 1 is 1.47 bits per heavy atom. The summed E-state index contributed by atoms with van der Waals surface area (Å²) in [4.78, 5) is 3.14. The molecule has 15 heavy (non-hydrogen) atoms. The van der Waals surface area contributed by atoms with Crippen LogP contribution in [0.4, 0.5) is 0 Å². The van der Waals surface area contributed by atoms with Crippen molar-refractivity contribution in [3.05, 3.63) is 16.7 Å². The van der Waals surface area contributed by atoms with Gasteiger partial charge in [0.15, 0.2) is 4.77 Å². The number of rotatable bonds is 5. The Balaban J connectivity index is 2.83. The van der Waals surface area contributed by atoms with Gasteiger partial charge in [-0.2, -0.15) is 11.8 Å². The highest BCUT2D eigenvalue weighted by atomic mass is 32.2. The van der Waals surface area contributed by atoms with Crippen molar-refractivity contribution in [1.82, 2.24) is 9.55 Å². The highest BCUT2D eigenvalue weighted by Crippen LogP contribution is 2.17. The highest BCUT2D eigenvalue weighted by molar-refractivity contribution is 7.98. The molecular weight excluding hydrogens is 224 g/mol. The van der Waals surface area contributed by atoms with Gasteiger partial charge >= 0.3 is 0 Å². The van der Waals surface area contributed by atoms with E-state index in [4.69, 9.17) is 12.2 Å². The van der Waals surface area contributed by atoms with Crippen LogP contribution in [0, 0.1) is 10.7 Å². The minimum absolute atomic E-state index is 0.527. The lowest BCUT2D eigenvalue weighted by Gasteiger charge is -2.15. The molecule has 0 spiro atoms. The van der Waals surface area contributed by atoms with Gasteiger partial charge in [-0.25, -0.2) is 0 Å². The molecule has 0 aliphatic rings. The van der Waals surface area contributed by atoms with Gasteiger partial charge in [-0.3, -0.25) is 0 Å². The van der Waals surface area contributed by atoms with E-state index in [1.165, 1.54) is 11.4 Å². The Bertz CT molecular complexity index is 352. The predicted molar refractivity (Wildman–Crippen MR) is 71.3 cm³/mol. The second-order valence-corrected chi connectivity index (χ2v) is 5.64. The molecule has 1 unspecified atom stereocenters. The first-order chi connectivity index (χ1) is 7.06. The second kappa shape index (κ2) is 5.75. The van der Waals surface area contributed by atoms with Crippen LogP contribution in [0.3, 0.4) is 0 Å². The van der Waals surface area contributed by atoms with Crippen LogP contribution in [0.2, 0.25) is 0 Å². The molecule has 0 aliphatic carbocycles. The van der Waals surface area contributed by atoms with Crippen LogP contribution in [0.5, 0.6) is 0 Å². The molecule has 2 nitrogen and oxygen atoms in total. The fourth-order valence-electron chi connectivity index (χ4n) is 1.72. The minimum atomic E-state index is 0.527. The summed E-state index contributed by atoms with van der Waals surface area (Å²) in [6.45, 7) is 7.70. The van der Waals surface area contributed by atoms with Crippen molar-refractivity contribution in [2.75, 3.05) is 12.0 Å². The molecule has 0 bridgehead atoms. The second-order valence-electron chi connectivity index (χ2n) is 4.34. The van der Waals surface area contributed by atoms with Crippen molar-refractivity contribution in [1.29, 1.82) is 0 Å². The molecule has 86 valence electrons. The van der Waals surface area contributed by atoms with E-state index in [0.717, 1.165) is 11.3 Å². The maximum Gasteiger partial charge on any atom is 0.177 e. The zero-order valence-electron chi connectivity index (χ0n) is 9.91. The molecule has 0 aromatic carbocycles. The first-order valence-electron chi connectivity index (χ1n) is 5.33. The molecule has 1 aromatic rings. The van der Waals surface area contributed by atoms with Crippen molar-refractivity contribution >= 4 is 24.0 Å². The average Bonchev–Trinajstić information content (AvgIpc) is 2.48. The first kappa shape index (κ1) is 12.8. The number of hydrogen-bond acceptors (Lipinski definition) is 2. The van der Waals surface area contributed by atoms with Crippen LogP contribution in [0.25, 0.3) is 0 Å². The standard InChI is InChI=1S/C11H20N2S2/c1-8(2)10-5-12-11(14)13(10)6-9(3)7-15-4/h5,8-9H,6-7H2,1-4H3,(H,12,14). The molecule has 0 saturated carbocycles. The fraction of sp³-hybridized carbons (Fsp3) is 0.727. The zero-order chi connectivity index (χ0) is 11.4. The van der Waals surface area contributed by atoms with E-state index in [1.807, 2.05) is 18.0 Å². The predicted octanol–water partition coefficient (Wildman–Crippen LogP) is 3.67. The third-order valence-electron chi connectivity index (χ3n) is 2.44. The van der Waals surface area contributed by atoms with Crippen molar-refractivity contribution in [2.45, 2.75) is 33.2 Å². The number of aromatic nitrogens is 2. The number of hydrogen-bond donors (Lipinski definition) is 1. The van der Waals surface area contributed by atoms with Crippen LogP contribution in [0.15, 0.2) is 6.20 Å². The van der Waals surface area contributed by atoms with E-state index >= 15 is 0 Å². The van der Waals surface area contributed by atoms with Crippen molar-refractivity contribution < 1.29 is 0 Å². The van der Waals surface area contributed by atoms with Crippen molar-refractivity contribution in [2.24, 2.45) is 5.92 Å². The third-order valence-corrected chi connectivity index (χ3v) is 3.68. The zero-order valence-corrected chi connectivity index (χ0v) is 11.5. The van der Waals surface area contributed by atoms with Crippen molar-refractivity contribution in [3.63, 3.8) is 0 Å². The first-order valence-corrected chi connectivity index (χ1v) is 7.13. The smallest absolute Gasteiger partial charge is 0.177 e. The van der Waals surface area contributed by atoms with E-state index in [2.05, 4.69) is 36.6 Å². The van der Waals surface area contributed by atoms with E-state index in [1.54, 1.807) is 0 Å². The lowest BCUT2D eigenvalue weighted by Crippen LogP contribution is -2.13. The van der Waals surface area contributed by atoms with E-state index in [-0.39, 0.29) is 0 Å². The molecule has 0 aliphatic heterocycles. The Labute approximate surface area is 101 Å². The van der Waals surface area contributed by atoms with Gasteiger partial charge in [0, 0.05) is 18.4 Å². The Hall–Kier alpha value is -0.220. The average molecular weight is 244 g/mol. The Morgan fingerprint density at radius 3 is 2.67 bits per heavy atom. The summed E-state index contributed by atoms with van der Waals surface area (Å²) < 4.78 is 3.09. The molecule has 1 rings (SSSR count). The maximum atomic E-state index is 5.30. The van der Waals surface area contributed by atoms with Crippen LogP contribution in [0.1, 0.15) is 32.4 Å². The molecule has 0 amide bonds. The van der Waals surface area contributed by atoms with Crippen LogP contribution >= 0.6 is 24.0 Å². The van der Waals surface area contributed by atoms with E-state index in [0.29, 0.717) is 11.8 Å². The summed E-state index contributed by atoms with van der Waals surface area (Å²) in [5, 5.41) is 0. The third kappa shape index (κ3) is 3.38. The van der Waals surface area contributed by atoms with Gasteiger partial charge in [-0.15, -0.1) is 0 Å². The Morgan fingerprint density at radius 2 is 2.13 bits per heavy atom. The van der Waals surface area contributed by atoms with Gasteiger partial charge in [-0.1, -0.05) is 20.8 Å². The number of H-pyrrole nitrogens is 1. The summed E-state index contributed by atoms with van der Waals surface area (Å²) in [7, 11) is 0. The number of nitrogens with one attached hydrogen (secondary N) is 1. The topological polar surface area (TPSA) is 20.7 Å². The Kier molecular flexibility index (Phi) is 4.93. The molecule has 0 saturated heterocycles. The van der Waals surface area contributed by atoms with E-state index < -0.39 is 0 Å². The quantitative estimate of drug-likeness (QED) is 0.798. The van der Waals surface area contributed by atoms with Gasteiger partial charge in [0.25, 0.3) is 0 Å².